The lowest BCUT2D eigenvalue weighted by Crippen LogP contribution is -2.37. The molecule has 0 aromatic heterocycles. The minimum Gasteiger partial charge on any atom is -0.381 e. The third-order valence-corrected chi connectivity index (χ3v) is 3.08. The van der Waals surface area contributed by atoms with Crippen LogP contribution in [0.15, 0.2) is 0 Å². The van der Waals surface area contributed by atoms with E-state index in [1.165, 1.54) is 45.3 Å². The fraction of sp³-hybridized carbons (Fsp3) is 1.00. The number of hydrogen-bond acceptors (Lipinski definition) is 2. The molecule has 0 bridgehead atoms. The maximum atomic E-state index is 5.33. The molecule has 1 aliphatic carbocycles. The molecular weight excluding hydrogens is 150 g/mol. The third-order valence-electron chi connectivity index (χ3n) is 3.08. The van der Waals surface area contributed by atoms with Crippen molar-refractivity contribution < 1.29 is 4.74 Å². The van der Waals surface area contributed by atoms with Gasteiger partial charge in [-0.3, -0.25) is 0 Å². The fourth-order valence-corrected chi connectivity index (χ4v) is 1.99. The first-order chi connectivity index (χ1) is 5.88. The number of nitrogens with zero attached hydrogens (tertiary/aromatic N) is 1. The molecule has 0 spiro atoms. The predicted octanol–water partition coefficient (Wildman–Crippen LogP) is 1.51. The van der Waals surface area contributed by atoms with Crippen LogP contribution in [0.5, 0.6) is 0 Å². The van der Waals surface area contributed by atoms with Crippen molar-refractivity contribution in [3.8, 4) is 0 Å². The van der Waals surface area contributed by atoms with E-state index >= 15 is 0 Å². The molecule has 2 rings (SSSR count). The van der Waals surface area contributed by atoms with Crippen molar-refractivity contribution in [3.05, 3.63) is 0 Å². The van der Waals surface area contributed by atoms with E-state index < -0.39 is 0 Å². The molecule has 0 aromatic carbocycles. The molecule has 70 valence electrons. The van der Waals surface area contributed by atoms with Gasteiger partial charge in [-0.25, -0.2) is 0 Å². The molecule has 0 radical (unpaired) electrons. The van der Waals surface area contributed by atoms with E-state index in [9.17, 15) is 0 Å². The summed E-state index contributed by atoms with van der Waals surface area (Å²) in [5, 5.41) is 0. The minimum atomic E-state index is 0.542. The zero-order valence-electron chi connectivity index (χ0n) is 7.96. The van der Waals surface area contributed by atoms with E-state index in [2.05, 4.69) is 4.90 Å². The summed E-state index contributed by atoms with van der Waals surface area (Å²) in [6.45, 7) is 3.88. The van der Waals surface area contributed by atoms with Crippen LogP contribution >= 0.6 is 0 Å². The van der Waals surface area contributed by atoms with Crippen LogP contribution in [0.4, 0.5) is 0 Å². The minimum absolute atomic E-state index is 0.542. The van der Waals surface area contributed by atoms with Crippen molar-refractivity contribution in [2.24, 2.45) is 5.92 Å². The summed E-state index contributed by atoms with van der Waals surface area (Å²) >= 11 is 0. The molecule has 1 aliphatic heterocycles. The number of ether oxygens (including phenoxy) is 1. The molecule has 0 aromatic rings. The van der Waals surface area contributed by atoms with Crippen LogP contribution in [-0.4, -0.2) is 37.7 Å². The van der Waals surface area contributed by atoms with Crippen molar-refractivity contribution in [2.45, 2.75) is 31.8 Å². The predicted molar refractivity (Wildman–Crippen MR) is 49.2 cm³/mol. The number of likely N-dealkylation sites (tertiary alicyclic amines) is 1. The Morgan fingerprint density at radius 1 is 1.17 bits per heavy atom. The maximum absolute atomic E-state index is 5.33. The summed E-state index contributed by atoms with van der Waals surface area (Å²) in [5.41, 5.74) is 0. The molecule has 0 atom stereocenters. The van der Waals surface area contributed by atoms with Crippen molar-refractivity contribution in [1.82, 2.24) is 4.90 Å². The Hall–Kier alpha value is -0.0800. The monoisotopic (exact) mass is 169 g/mol. The lowest BCUT2D eigenvalue weighted by atomic mass is 10.1. The van der Waals surface area contributed by atoms with Crippen molar-refractivity contribution in [3.63, 3.8) is 0 Å². The van der Waals surface area contributed by atoms with Gasteiger partial charge in [0.05, 0.1) is 6.10 Å². The van der Waals surface area contributed by atoms with Gasteiger partial charge in [-0.05, 0) is 31.6 Å². The quantitative estimate of drug-likeness (QED) is 0.635. The average Bonchev–Trinajstić information content (AvgIpc) is 2.90. The topological polar surface area (TPSA) is 12.5 Å². The summed E-state index contributed by atoms with van der Waals surface area (Å²) in [6.07, 6.45) is 5.97. The Balaban J connectivity index is 1.66. The first-order valence-corrected chi connectivity index (χ1v) is 5.13. The number of hydrogen-bond donors (Lipinski definition) is 0. The molecule has 0 amide bonds. The second-order valence-electron chi connectivity index (χ2n) is 4.18. The molecule has 2 fully saturated rings. The Morgan fingerprint density at radius 3 is 2.33 bits per heavy atom. The highest BCUT2D eigenvalue weighted by atomic mass is 16.5. The molecule has 2 nitrogen and oxygen atoms in total. The van der Waals surface area contributed by atoms with Gasteiger partial charge in [0, 0.05) is 26.7 Å². The highest BCUT2D eigenvalue weighted by Gasteiger charge is 2.26. The highest BCUT2D eigenvalue weighted by molar-refractivity contribution is 4.80. The molecule has 1 heterocycles. The third kappa shape index (κ3) is 2.20. The van der Waals surface area contributed by atoms with E-state index in [4.69, 9.17) is 4.74 Å². The number of methoxy groups -OCH3 is 1. The van der Waals surface area contributed by atoms with Gasteiger partial charge in [0.1, 0.15) is 0 Å². The van der Waals surface area contributed by atoms with Gasteiger partial charge < -0.3 is 9.64 Å². The molecule has 12 heavy (non-hydrogen) atoms. The maximum Gasteiger partial charge on any atom is 0.0595 e. The molecule has 0 N–H and O–H groups in total. The zero-order chi connectivity index (χ0) is 8.39. The molecule has 1 saturated heterocycles. The second-order valence-corrected chi connectivity index (χ2v) is 4.18. The van der Waals surface area contributed by atoms with Crippen LogP contribution in [0.1, 0.15) is 25.7 Å². The highest BCUT2D eigenvalue weighted by Crippen LogP contribution is 2.30. The molecule has 2 aliphatic rings. The van der Waals surface area contributed by atoms with Gasteiger partial charge >= 0.3 is 0 Å². The van der Waals surface area contributed by atoms with E-state index in [-0.39, 0.29) is 0 Å². The summed E-state index contributed by atoms with van der Waals surface area (Å²) in [7, 11) is 1.83. The van der Waals surface area contributed by atoms with E-state index in [0.29, 0.717) is 6.10 Å². The van der Waals surface area contributed by atoms with E-state index in [1.54, 1.807) is 0 Å². The van der Waals surface area contributed by atoms with Crippen LogP contribution in [0.25, 0.3) is 0 Å². The number of piperidine rings is 1. The second kappa shape index (κ2) is 3.75. The molecule has 2 heteroatoms. The lowest BCUT2D eigenvalue weighted by molar-refractivity contribution is 0.0398. The standard InChI is InChI=1S/C10H19NO/c1-12-10-4-6-11(7-5-10)8-9-2-3-9/h9-10H,2-8H2,1H3. The van der Waals surface area contributed by atoms with Crippen LogP contribution in [-0.2, 0) is 4.74 Å². The Labute approximate surface area is 74.9 Å². The van der Waals surface area contributed by atoms with Crippen LogP contribution in [0.3, 0.4) is 0 Å². The molecule has 0 unspecified atom stereocenters. The Morgan fingerprint density at radius 2 is 1.83 bits per heavy atom. The van der Waals surface area contributed by atoms with Gasteiger partial charge in [-0.2, -0.15) is 0 Å². The summed E-state index contributed by atoms with van der Waals surface area (Å²) in [5.74, 6) is 1.05. The lowest BCUT2D eigenvalue weighted by Gasteiger charge is -2.31. The van der Waals surface area contributed by atoms with E-state index in [1.807, 2.05) is 7.11 Å². The van der Waals surface area contributed by atoms with Gasteiger partial charge in [-0.15, -0.1) is 0 Å². The van der Waals surface area contributed by atoms with Crippen molar-refractivity contribution >= 4 is 0 Å². The van der Waals surface area contributed by atoms with Crippen LogP contribution < -0.4 is 0 Å². The fourth-order valence-electron chi connectivity index (χ4n) is 1.99. The number of rotatable bonds is 3. The first kappa shape index (κ1) is 8.52. The van der Waals surface area contributed by atoms with Crippen LogP contribution in [0.2, 0.25) is 0 Å². The largest absolute Gasteiger partial charge is 0.381 e. The molecule has 1 saturated carbocycles. The average molecular weight is 169 g/mol. The molecular formula is C10H19NO. The Bertz CT molecular complexity index is 137. The van der Waals surface area contributed by atoms with Gasteiger partial charge in [0.25, 0.3) is 0 Å². The summed E-state index contributed by atoms with van der Waals surface area (Å²) in [4.78, 5) is 2.60. The first-order valence-electron chi connectivity index (χ1n) is 5.13. The van der Waals surface area contributed by atoms with Gasteiger partial charge in [-0.1, -0.05) is 0 Å². The van der Waals surface area contributed by atoms with Crippen LogP contribution in [0, 0.1) is 5.92 Å². The van der Waals surface area contributed by atoms with Gasteiger partial charge in [0.2, 0.25) is 0 Å². The zero-order valence-corrected chi connectivity index (χ0v) is 7.96. The summed E-state index contributed by atoms with van der Waals surface area (Å²) < 4.78 is 5.33. The summed E-state index contributed by atoms with van der Waals surface area (Å²) in [6, 6.07) is 0. The normalized spacial score (nSPS) is 27.8. The van der Waals surface area contributed by atoms with Crippen molar-refractivity contribution in [1.29, 1.82) is 0 Å². The van der Waals surface area contributed by atoms with Crippen molar-refractivity contribution in [2.75, 3.05) is 26.7 Å². The van der Waals surface area contributed by atoms with E-state index in [0.717, 1.165) is 5.92 Å². The Kier molecular flexibility index (Phi) is 2.66. The SMILES string of the molecule is COC1CCN(CC2CC2)CC1. The smallest absolute Gasteiger partial charge is 0.0595 e. The van der Waals surface area contributed by atoms with Gasteiger partial charge in [0.15, 0.2) is 0 Å².